The van der Waals surface area contributed by atoms with E-state index in [4.69, 9.17) is 4.74 Å². The van der Waals surface area contributed by atoms with Gasteiger partial charge in [-0.15, -0.1) is 13.2 Å². The normalized spacial score (nSPS) is 10.9. The highest BCUT2D eigenvalue weighted by Crippen LogP contribution is 2.29. The Morgan fingerprint density at radius 3 is 2.63 bits per heavy atom. The molecule has 0 aliphatic rings. The van der Waals surface area contributed by atoms with E-state index in [9.17, 15) is 18.0 Å². The molecule has 106 valence electrons. The van der Waals surface area contributed by atoms with Crippen LogP contribution in [0.5, 0.6) is 5.75 Å². The minimum atomic E-state index is -4.75. The first-order valence-electron chi connectivity index (χ1n) is 5.66. The van der Waals surface area contributed by atoms with Crippen molar-refractivity contribution >= 4 is 11.7 Å². The maximum atomic E-state index is 12.1. The molecule has 0 bridgehead atoms. The largest absolute Gasteiger partial charge is 0.573 e. The van der Waals surface area contributed by atoms with Crippen molar-refractivity contribution in [2.75, 3.05) is 18.5 Å². The maximum absolute atomic E-state index is 12.1. The number of halogens is 3. The summed E-state index contributed by atoms with van der Waals surface area (Å²) in [5, 5.41) is 2.70. The van der Waals surface area contributed by atoms with Crippen LogP contribution in [0.1, 0.15) is 13.3 Å². The van der Waals surface area contributed by atoms with Crippen LogP contribution in [0.15, 0.2) is 24.3 Å². The van der Waals surface area contributed by atoms with Crippen LogP contribution in [0.2, 0.25) is 0 Å². The second-order valence-electron chi connectivity index (χ2n) is 3.53. The van der Waals surface area contributed by atoms with Gasteiger partial charge < -0.3 is 14.8 Å². The van der Waals surface area contributed by atoms with Gasteiger partial charge in [-0.05, 0) is 19.1 Å². The highest BCUT2D eigenvalue weighted by molar-refractivity contribution is 5.70. The first-order valence-corrected chi connectivity index (χ1v) is 5.66. The van der Waals surface area contributed by atoms with Crippen molar-refractivity contribution in [3.05, 3.63) is 24.3 Å². The number of hydrogen-bond acceptors (Lipinski definition) is 4. The number of esters is 1. The van der Waals surface area contributed by atoms with Gasteiger partial charge in [0.15, 0.2) is 5.75 Å². The summed E-state index contributed by atoms with van der Waals surface area (Å²) in [5.74, 6) is -0.747. The van der Waals surface area contributed by atoms with Gasteiger partial charge in [-0.2, -0.15) is 0 Å². The van der Waals surface area contributed by atoms with Crippen LogP contribution in [-0.2, 0) is 9.53 Å². The zero-order valence-electron chi connectivity index (χ0n) is 10.3. The SMILES string of the molecule is CCOC(=O)CCNc1ccccc1OC(F)(F)F. The molecule has 1 aromatic carbocycles. The second-order valence-corrected chi connectivity index (χ2v) is 3.53. The number of para-hydroxylation sites is 2. The molecule has 0 aliphatic carbocycles. The van der Waals surface area contributed by atoms with Crippen molar-refractivity contribution in [3.63, 3.8) is 0 Å². The van der Waals surface area contributed by atoms with Gasteiger partial charge in [0.05, 0.1) is 18.7 Å². The molecule has 0 heterocycles. The van der Waals surface area contributed by atoms with E-state index in [1.165, 1.54) is 18.2 Å². The van der Waals surface area contributed by atoms with E-state index in [1.54, 1.807) is 13.0 Å². The number of nitrogens with one attached hydrogen (secondary N) is 1. The predicted molar refractivity (Wildman–Crippen MR) is 62.9 cm³/mol. The molecule has 1 aromatic rings. The fraction of sp³-hybridized carbons (Fsp3) is 0.417. The minimum Gasteiger partial charge on any atom is -0.466 e. The lowest BCUT2D eigenvalue weighted by atomic mass is 10.3. The van der Waals surface area contributed by atoms with E-state index in [0.717, 1.165) is 0 Å². The van der Waals surface area contributed by atoms with Crippen LogP contribution >= 0.6 is 0 Å². The van der Waals surface area contributed by atoms with Gasteiger partial charge in [0.2, 0.25) is 0 Å². The van der Waals surface area contributed by atoms with Crippen molar-refractivity contribution in [3.8, 4) is 5.75 Å². The number of carbonyl (C=O) groups is 1. The molecule has 0 aromatic heterocycles. The van der Waals surface area contributed by atoms with E-state index in [-0.39, 0.29) is 31.0 Å². The molecule has 0 saturated carbocycles. The summed E-state index contributed by atoms with van der Waals surface area (Å²) < 4.78 is 45.0. The topological polar surface area (TPSA) is 47.6 Å². The van der Waals surface area contributed by atoms with Gasteiger partial charge in [0, 0.05) is 6.54 Å². The molecule has 4 nitrogen and oxygen atoms in total. The summed E-state index contributed by atoms with van der Waals surface area (Å²) in [6.45, 7) is 2.11. The molecular weight excluding hydrogens is 263 g/mol. The molecule has 19 heavy (non-hydrogen) atoms. The quantitative estimate of drug-likeness (QED) is 0.812. The Morgan fingerprint density at radius 1 is 1.32 bits per heavy atom. The molecule has 0 amide bonds. The second kappa shape index (κ2) is 6.86. The number of alkyl halides is 3. The highest BCUT2D eigenvalue weighted by atomic mass is 19.4. The van der Waals surface area contributed by atoms with E-state index in [2.05, 4.69) is 10.1 Å². The maximum Gasteiger partial charge on any atom is 0.573 e. The number of carbonyl (C=O) groups excluding carboxylic acids is 1. The van der Waals surface area contributed by atoms with Crippen molar-refractivity contribution in [1.29, 1.82) is 0 Å². The molecule has 0 atom stereocenters. The molecule has 0 fully saturated rings. The Kier molecular flexibility index (Phi) is 5.47. The van der Waals surface area contributed by atoms with Crippen LogP contribution in [-0.4, -0.2) is 25.5 Å². The van der Waals surface area contributed by atoms with Gasteiger partial charge in [-0.3, -0.25) is 4.79 Å². The average molecular weight is 277 g/mol. The lowest BCUT2D eigenvalue weighted by Gasteiger charge is -2.14. The molecule has 1 rings (SSSR count). The standard InChI is InChI=1S/C12H14F3NO3/c1-2-18-11(17)7-8-16-9-5-3-4-6-10(9)19-12(13,14)15/h3-6,16H,2,7-8H2,1H3. The Morgan fingerprint density at radius 2 is 2.00 bits per heavy atom. The summed E-state index contributed by atoms with van der Waals surface area (Å²) in [7, 11) is 0. The van der Waals surface area contributed by atoms with E-state index >= 15 is 0 Å². The van der Waals surface area contributed by atoms with Crippen LogP contribution in [0.3, 0.4) is 0 Å². The van der Waals surface area contributed by atoms with Crippen molar-refractivity contribution < 1.29 is 27.4 Å². The third kappa shape index (κ3) is 5.98. The predicted octanol–water partition coefficient (Wildman–Crippen LogP) is 2.95. The zero-order chi connectivity index (χ0) is 14.3. The van der Waals surface area contributed by atoms with Crippen LogP contribution < -0.4 is 10.1 Å². The molecule has 7 heteroatoms. The molecule has 1 N–H and O–H groups in total. The summed E-state index contributed by atoms with van der Waals surface area (Å²) in [6, 6.07) is 5.62. The Balaban J connectivity index is 2.56. The fourth-order valence-corrected chi connectivity index (χ4v) is 1.36. The molecule has 0 spiro atoms. The summed E-state index contributed by atoms with van der Waals surface area (Å²) in [5.41, 5.74) is 0.170. The minimum absolute atomic E-state index is 0.0637. The van der Waals surface area contributed by atoms with E-state index in [1.807, 2.05) is 0 Å². The Labute approximate surface area is 108 Å². The number of ether oxygens (including phenoxy) is 2. The van der Waals surface area contributed by atoms with Gasteiger partial charge in [-0.25, -0.2) is 0 Å². The monoisotopic (exact) mass is 277 g/mol. The third-order valence-electron chi connectivity index (χ3n) is 2.06. The van der Waals surface area contributed by atoms with Gasteiger partial charge >= 0.3 is 12.3 Å². The summed E-state index contributed by atoms with van der Waals surface area (Å²) in [6.07, 6.45) is -4.69. The molecule has 0 unspecified atom stereocenters. The van der Waals surface area contributed by atoms with Gasteiger partial charge in [0.25, 0.3) is 0 Å². The van der Waals surface area contributed by atoms with Gasteiger partial charge in [-0.1, -0.05) is 12.1 Å². The summed E-state index contributed by atoms with van der Waals surface area (Å²) in [4.78, 5) is 11.1. The van der Waals surface area contributed by atoms with Crippen LogP contribution in [0.25, 0.3) is 0 Å². The smallest absolute Gasteiger partial charge is 0.466 e. The average Bonchev–Trinajstić information content (AvgIpc) is 2.30. The third-order valence-corrected chi connectivity index (χ3v) is 2.06. The molecule has 0 radical (unpaired) electrons. The van der Waals surface area contributed by atoms with Crippen molar-refractivity contribution in [1.82, 2.24) is 0 Å². The molecule has 0 saturated heterocycles. The Hall–Kier alpha value is -1.92. The first-order chi connectivity index (χ1) is 8.92. The van der Waals surface area contributed by atoms with E-state index < -0.39 is 12.3 Å². The number of benzene rings is 1. The van der Waals surface area contributed by atoms with Crippen LogP contribution in [0, 0.1) is 0 Å². The number of hydrogen-bond donors (Lipinski definition) is 1. The van der Waals surface area contributed by atoms with Crippen molar-refractivity contribution in [2.24, 2.45) is 0 Å². The van der Waals surface area contributed by atoms with Crippen molar-refractivity contribution in [2.45, 2.75) is 19.7 Å². The molecular formula is C12H14F3NO3. The zero-order valence-corrected chi connectivity index (χ0v) is 10.3. The number of rotatable bonds is 6. The lowest BCUT2D eigenvalue weighted by molar-refractivity contribution is -0.274. The first kappa shape index (κ1) is 15.1. The molecule has 0 aliphatic heterocycles. The van der Waals surface area contributed by atoms with Crippen LogP contribution in [0.4, 0.5) is 18.9 Å². The number of anilines is 1. The highest BCUT2D eigenvalue weighted by Gasteiger charge is 2.32. The lowest BCUT2D eigenvalue weighted by Crippen LogP contribution is -2.18. The van der Waals surface area contributed by atoms with E-state index in [0.29, 0.717) is 0 Å². The Bertz CT molecular complexity index is 421. The fourth-order valence-electron chi connectivity index (χ4n) is 1.36. The summed E-state index contributed by atoms with van der Waals surface area (Å²) >= 11 is 0. The van der Waals surface area contributed by atoms with Gasteiger partial charge in [0.1, 0.15) is 0 Å².